The third-order valence-electron chi connectivity index (χ3n) is 4.41. The Kier molecular flexibility index (Phi) is 7.54. The van der Waals surface area contributed by atoms with E-state index in [0.29, 0.717) is 16.5 Å². The van der Waals surface area contributed by atoms with Crippen molar-refractivity contribution in [1.29, 1.82) is 0 Å². The monoisotopic (exact) mass is 438 g/mol. The molecule has 0 aliphatic carbocycles. The first-order chi connectivity index (χ1) is 13.5. The van der Waals surface area contributed by atoms with E-state index in [-0.39, 0.29) is 19.7 Å². The highest BCUT2D eigenvalue weighted by Crippen LogP contribution is 2.28. The Morgan fingerprint density at radius 3 is 2.24 bits per heavy atom. The molecular formula is C21H27ClN2O4S. The fraction of sp³-hybridized carbons (Fsp3) is 0.381. The molecule has 0 bridgehead atoms. The fourth-order valence-electron chi connectivity index (χ4n) is 3.14. The molecule has 0 spiro atoms. The smallest absolute Gasteiger partial charge is 0.240 e. The van der Waals surface area contributed by atoms with E-state index < -0.39 is 15.9 Å². The quantitative estimate of drug-likeness (QED) is 0.639. The average Bonchev–Trinajstić information content (AvgIpc) is 2.59. The van der Waals surface area contributed by atoms with Crippen molar-refractivity contribution in [2.24, 2.45) is 0 Å². The van der Waals surface area contributed by atoms with E-state index in [9.17, 15) is 13.2 Å². The number of benzene rings is 2. The lowest BCUT2D eigenvalue weighted by Gasteiger charge is -2.26. The minimum Gasteiger partial charge on any atom is -0.492 e. The summed E-state index contributed by atoms with van der Waals surface area (Å²) >= 11 is 6.06. The molecule has 0 aromatic heterocycles. The lowest BCUT2D eigenvalue weighted by Crippen LogP contribution is -2.42. The minimum atomic E-state index is -3.63. The van der Waals surface area contributed by atoms with Gasteiger partial charge in [0.15, 0.2) is 0 Å². The van der Waals surface area contributed by atoms with Crippen LogP contribution in [-0.2, 0) is 14.8 Å². The Morgan fingerprint density at radius 1 is 1.07 bits per heavy atom. The third-order valence-corrected chi connectivity index (χ3v) is 5.93. The summed E-state index contributed by atoms with van der Waals surface area (Å²) in [6.07, 6.45) is 1.10. The summed E-state index contributed by atoms with van der Waals surface area (Å²) < 4.78 is 31.4. The lowest BCUT2D eigenvalue weighted by molar-refractivity contribution is -0.119. The Hall–Kier alpha value is -2.25. The number of amides is 1. The maximum atomic E-state index is 12.4. The number of anilines is 1. The zero-order chi connectivity index (χ0) is 21.8. The molecule has 0 aliphatic heterocycles. The summed E-state index contributed by atoms with van der Waals surface area (Å²) in [6.45, 7) is 7.72. The largest absolute Gasteiger partial charge is 0.492 e. The van der Waals surface area contributed by atoms with Crippen LogP contribution in [-0.4, -0.2) is 40.3 Å². The van der Waals surface area contributed by atoms with Crippen molar-refractivity contribution in [3.63, 3.8) is 0 Å². The van der Waals surface area contributed by atoms with Gasteiger partial charge in [0.2, 0.25) is 15.9 Å². The van der Waals surface area contributed by atoms with Crippen LogP contribution in [0.5, 0.6) is 5.75 Å². The van der Waals surface area contributed by atoms with Crippen molar-refractivity contribution >= 4 is 33.2 Å². The van der Waals surface area contributed by atoms with Crippen LogP contribution >= 0.6 is 11.6 Å². The molecule has 1 amide bonds. The van der Waals surface area contributed by atoms with Gasteiger partial charge in [-0.3, -0.25) is 9.10 Å². The van der Waals surface area contributed by atoms with Crippen LogP contribution in [0.2, 0.25) is 5.02 Å². The Bertz CT molecular complexity index is 983. The summed E-state index contributed by atoms with van der Waals surface area (Å²) in [6, 6.07) is 9.18. The SMILES string of the molecule is Cc1cc(C)c(N(CC(=O)NCCOc2ccc(C)c(Cl)c2)S(C)(=O)=O)c(C)c1. The number of aryl methyl sites for hydroxylation is 4. The second-order valence-corrected chi connectivity index (χ2v) is 9.44. The number of hydrogen-bond acceptors (Lipinski definition) is 4. The van der Waals surface area contributed by atoms with Gasteiger partial charge in [0.1, 0.15) is 18.9 Å². The van der Waals surface area contributed by atoms with Gasteiger partial charge >= 0.3 is 0 Å². The zero-order valence-electron chi connectivity index (χ0n) is 17.4. The summed E-state index contributed by atoms with van der Waals surface area (Å²) in [5.41, 5.74) is 4.14. The molecule has 0 atom stereocenters. The van der Waals surface area contributed by atoms with Crippen LogP contribution in [0.3, 0.4) is 0 Å². The number of sulfonamides is 1. The molecule has 2 aromatic rings. The van der Waals surface area contributed by atoms with E-state index in [0.717, 1.165) is 32.8 Å². The van der Waals surface area contributed by atoms with Crippen molar-refractivity contribution in [3.8, 4) is 5.75 Å². The van der Waals surface area contributed by atoms with Gasteiger partial charge in [0.25, 0.3) is 0 Å². The summed E-state index contributed by atoms with van der Waals surface area (Å²) in [5.74, 6) is 0.207. The number of carbonyl (C=O) groups excluding carboxylic acids is 1. The molecule has 0 saturated heterocycles. The number of hydrogen-bond donors (Lipinski definition) is 1. The molecule has 0 radical (unpaired) electrons. The van der Waals surface area contributed by atoms with E-state index in [4.69, 9.17) is 16.3 Å². The second-order valence-electron chi connectivity index (χ2n) is 7.13. The van der Waals surface area contributed by atoms with Crippen LogP contribution < -0.4 is 14.4 Å². The van der Waals surface area contributed by atoms with Crippen molar-refractivity contribution in [2.75, 3.05) is 30.3 Å². The van der Waals surface area contributed by atoms with Crippen LogP contribution in [0.1, 0.15) is 22.3 Å². The van der Waals surface area contributed by atoms with Crippen molar-refractivity contribution in [3.05, 3.63) is 57.6 Å². The highest BCUT2D eigenvalue weighted by molar-refractivity contribution is 7.92. The molecule has 0 unspecified atom stereocenters. The number of halogens is 1. The standard InChI is InChI=1S/C21H27ClN2O4S/c1-14-10-16(3)21(17(4)11-14)24(29(5,26)27)13-20(25)23-8-9-28-18-7-6-15(2)19(22)12-18/h6-7,10-12H,8-9,13H2,1-5H3,(H,23,25). The van der Waals surface area contributed by atoms with Gasteiger partial charge in [-0.15, -0.1) is 0 Å². The third kappa shape index (κ3) is 6.37. The molecule has 0 fully saturated rings. The van der Waals surface area contributed by atoms with Gasteiger partial charge in [-0.05, 0) is 56.5 Å². The number of nitrogens with one attached hydrogen (secondary N) is 1. The molecular weight excluding hydrogens is 412 g/mol. The normalized spacial score (nSPS) is 11.2. The number of rotatable bonds is 8. The van der Waals surface area contributed by atoms with Gasteiger partial charge in [-0.2, -0.15) is 0 Å². The number of ether oxygens (including phenoxy) is 1. The van der Waals surface area contributed by atoms with E-state index in [1.807, 2.05) is 45.9 Å². The zero-order valence-corrected chi connectivity index (χ0v) is 18.9. The molecule has 2 rings (SSSR count). The number of nitrogens with zero attached hydrogens (tertiary/aromatic N) is 1. The Balaban J connectivity index is 2.00. The molecule has 29 heavy (non-hydrogen) atoms. The molecule has 1 N–H and O–H groups in total. The van der Waals surface area contributed by atoms with Crippen LogP contribution in [0.15, 0.2) is 30.3 Å². The Labute approximate surface area is 177 Å². The summed E-state index contributed by atoms with van der Waals surface area (Å²) in [5, 5.41) is 3.31. The van der Waals surface area contributed by atoms with Crippen molar-refractivity contribution in [2.45, 2.75) is 27.7 Å². The molecule has 0 saturated carbocycles. The van der Waals surface area contributed by atoms with Crippen LogP contribution in [0, 0.1) is 27.7 Å². The van der Waals surface area contributed by atoms with Crippen LogP contribution in [0.25, 0.3) is 0 Å². The highest BCUT2D eigenvalue weighted by atomic mass is 35.5. The highest BCUT2D eigenvalue weighted by Gasteiger charge is 2.24. The maximum Gasteiger partial charge on any atom is 0.240 e. The first-order valence-electron chi connectivity index (χ1n) is 9.20. The predicted octanol–water partition coefficient (Wildman–Crippen LogP) is 3.53. The van der Waals surface area contributed by atoms with Crippen LogP contribution in [0.4, 0.5) is 5.69 Å². The van der Waals surface area contributed by atoms with Gasteiger partial charge in [0.05, 0.1) is 18.5 Å². The van der Waals surface area contributed by atoms with E-state index in [1.54, 1.807) is 12.1 Å². The van der Waals surface area contributed by atoms with Crippen molar-refractivity contribution in [1.82, 2.24) is 5.32 Å². The van der Waals surface area contributed by atoms with E-state index in [1.165, 1.54) is 0 Å². The summed E-state index contributed by atoms with van der Waals surface area (Å²) in [7, 11) is -3.63. The topological polar surface area (TPSA) is 75.7 Å². The van der Waals surface area contributed by atoms with Crippen molar-refractivity contribution < 1.29 is 17.9 Å². The van der Waals surface area contributed by atoms with E-state index >= 15 is 0 Å². The molecule has 0 aliphatic rings. The van der Waals surface area contributed by atoms with Gasteiger partial charge in [0, 0.05) is 5.02 Å². The first-order valence-corrected chi connectivity index (χ1v) is 11.4. The van der Waals surface area contributed by atoms with Gasteiger partial charge < -0.3 is 10.1 Å². The minimum absolute atomic E-state index is 0.243. The first kappa shape index (κ1) is 23.0. The molecule has 6 nitrogen and oxygen atoms in total. The molecule has 0 heterocycles. The summed E-state index contributed by atoms with van der Waals surface area (Å²) in [4.78, 5) is 12.4. The van der Waals surface area contributed by atoms with E-state index in [2.05, 4.69) is 5.32 Å². The Morgan fingerprint density at radius 2 is 1.69 bits per heavy atom. The fourth-order valence-corrected chi connectivity index (χ4v) is 4.28. The second kappa shape index (κ2) is 9.50. The molecule has 8 heteroatoms. The van der Waals surface area contributed by atoms with Gasteiger partial charge in [-0.1, -0.05) is 35.4 Å². The maximum absolute atomic E-state index is 12.4. The average molecular weight is 439 g/mol. The molecule has 2 aromatic carbocycles. The predicted molar refractivity (Wildman–Crippen MR) is 118 cm³/mol. The van der Waals surface area contributed by atoms with Gasteiger partial charge in [-0.25, -0.2) is 8.42 Å². The lowest BCUT2D eigenvalue weighted by atomic mass is 10.1. The number of carbonyl (C=O) groups is 1. The molecule has 158 valence electrons.